The number of hydrogen-bond acceptors (Lipinski definition) is 0. The van der Waals surface area contributed by atoms with Crippen LogP contribution in [0, 0.1) is 0 Å². The topological polar surface area (TPSA) is 9.86 Å². The maximum absolute atomic E-state index is 2.72. The summed E-state index contributed by atoms with van der Waals surface area (Å²) in [6, 6.07) is 100. The van der Waals surface area contributed by atoms with Gasteiger partial charge in [-0.2, -0.15) is 0 Å². The van der Waals surface area contributed by atoms with Gasteiger partial charge in [0, 0.05) is 54.6 Å². The Hall–Kier alpha value is -10.7. The molecule has 376 valence electrons. The average molecular weight is 1040 g/mol. The molecule has 83 heavy (non-hydrogen) atoms. The van der Waals surface area contributed by atoms with Gasteiger partial charge in [0.1, 0.15) is 0 Å². The van der Waals surface area contributed by atoms with Crippen LogP contribution in [0.25, 0.3) is 185 Å². The summed E-state index contributed by atoms with van der Waals surface area (Å²) in [5.41, 5.74) is 14.1. The maximum Gasteiger partial charge on any atom is 0.252 e. The monoisotopic (exact) mass is 1040 g/mol. The molecular formula is C80H43BN2. The average Bonchev–Trinajstić information content (AvgIpc) is 1.67. The third kappa shape index (κ3) is 5.17. The molecule has 0 atom stereocenters. The van der Waals surface area contributed by atoms with Gasteiger partial charge in [0.25, 0.3) is 6.71 Å². The Morgan fingerprint density at radius 2 is 0.651 bits per heavy atom. The molecule has 0 amide bonds. The second kappa shape index (κ2) is 15.2. The van der Waals surface area contributed by atoms with Crippen molar-refractivity contribution in [2.75, 3.05) is 0 Å². The van der Waals surface area contributed by atoms with Gasteiger partial charge in [0.15, 0.2) is 0 Å². The molecule has 4 heterocycles. The van der Waals surface area contributed by atoms with Crippen LogP contribution in [-0.2, 0) is 0 Å². The smallest absolute Gasteiger partial charge is 0.252 e. The number of fused-ring (bicyclic) bond motifs is 34. The van der Waals surface area contributed by atoms with E-state index >= 15 is 0 Å². The summed E-state index contributed by atoms with van der Waals surface area (Å²) in [4.78, 5) is 0. The van der Waals surface area contributed by atoms with Crippen LogP contribution in [0.1, 0.15) is 0 Å². The largest absolute Gasteiger partial charge is 0.310 e. The van der Waals surface area contributed by atoms with Crippen LogP contribution in [0.4, 0.5) is 0 Å². The summed E-state index contributed by atoms with van der Waals surface area (Å²) in [6.07, 6.45) is 0. The molecule has 21 rings (SSSR count). The van der Waals surface area contributed by atoms with Gasteiger partial charge in [0.05, 0.1) is 16.6 Å². The Bertz CT molecular complexity index is 6240. The van der Waals surface area contributed by atoms with Gasteiger partial charge in [-0.25, -0.2) is 0 Å². The SMILES string of the molecule is c1cc2c3c(c1)-n1c4c(cc(-c5cc6ccccc6c6ccccc56)cc4c4ccc5c6ccccc6c6ccccc6c5c41)B3c1cc3c4ccccc4c4ccccc4c3c3c4c5c6ccccc6c6ccccc6c5ccc4n-2c13. The quantitative estimate of drug-likeness (QED) is 0.115. The lowest BCUT2D eigenvalue weighted by molar-refractivity contribution is 1.15. The van der Waals surface area contributed by atoms with E-state index in [4.69, 9.17) is 0 Å². The van der Waals surface area contributed by atoms with Crippen LogP contribution < -0.4 is 16.4 Å². The van der Waals surface area contributed by atoms with Gasteiger partial charge in [-0.15, -0.1) is 0 Å². The Kier molecular flexibility index (Phi) is 7.88. The highest BCUT2D eigenvalue weighted by molar-refractivity contribution is 7.00. The molecule has 0 fully saturated rings. The van der Waals surface area contributed by atoms with E-state index in [0.717, 1.165) is 0 Å². The van der Waals surface area contributed by atoms with Crippen molar-refractivity contribution in [3.05, 3.63) is 261 Å². The number of aromatic nitrogens is 2. The Balaban J connectivity index is 1.02. The lowest BCUT2D eigenvalue weighted by atomic mass is 9.34. The fraction of sp³-hybridized carbons (Fsp3) is 0. The van der Waals surface area contributed by atoms with Crippen molar-refractivity contribution in [2.24, 2.45) is 0 Å². The van der Waals surface area contributed by atoms with E-state index in [1.807, 2.05) is 0 Å². The highest BCUT2D eigenvalue weighted by atomic mass is 15.0. The van der Waals surface area contributed by atoms with Crippen molar-refractivity contribution in [1.82, 2.24) is 9.13 Å². The second-order valence-corrected chi connectivity index (χ2v) is 23.6. The minimum Gasteiger partial charge on any atom is -0.310 e. The number of benzene rings is 17. The van der Waals surface area contributed by atoms with Crippen LogP contribution in [0.15, 0.2) is 261 Å². The van der Waals surface area contributed by atoms with Gasteiger partial charge in [-0.05, 0) is 160 Å². The van der Waals surface area contributed by atoms with Crippen LogP contribution in [0.3, 0.4) is 0 Å². The van der Waals surface area contributed by atoms with E-state index < -0.39 is 0 Å². The molecule has 19 aromatic rings. The lowest BCUT2D eigenvalue weighted by Crippen LogP contribution is -2.59. The first-order chi connectivity index (χ1) is 41.2. The van der Waals surface area contributed by atoms with Gasteiger partial charge in [-0.1, -0.05) is 231 Å². The zero-order valence-corrected chi connectivity index (χ0v) is 44.8. The zero-order valence-electron chi connectivity index (χ0n) is 44.8. The fourth-order valence-electron chi connectivity index (χ4n) is 16.8. The third-order valence-corrected chi connectivity index (χ3v) is 19.9. The van der Waals surface area contributed by atoms with Crippen molar-refractivity contribution in [3.8, 4) is 22.5 Å². The van der Waals surface area contributed by atoms with Gasteiger partial charge >= 0.3 is 0 Å². The highest BCUT2D eigenvalue weighted by Gasteiger charge is 2.42. The predicted octanol–water partition coefficient (Wildman–Crippen LogP) is 19.4. The fourth-order valence-corrected chi connectivity index (χ4v) is 16.8. The first-order valence-electron chi connectivity index (χ1n) is 29.2. The molecule has 0 bridgehead atoms. The van der Waals surface area contributed by atoms with E-state index in [2.05, 4.69) is 270 Å². The predicted molar refractivity (Wildman–Crippen MR) is 358 cm³/mol. The second-order valence-electron chi connectivity index (χ2n) is 23.6. The van der Waals surface area contributed by atoms with E-state index in [-0.39, 0.29) is 6.71 Å². The van der Waals surface area contributed by atoms with Gasteiger partial charge in [-0.3, -0.25) is 0 Å². The van der Waals surface area contributed by atoms with E-state index in [9.17, 15) is 0 Å². The molecular weight excluding hydrogens is 1000 g/mol. The first-order valence-corrected chi connectivity index (χ1v) is 29.2. The van der Waals surface area contributed by atoms with Crippen LogP contribution >= 0.6 is 0 Å². The summed E-state index contributed by atoms with van der Waals surface area (Å²) in [5, 5.41) is 33.5. The van der Waals surface area contributed by atoms with Crippen LogP contribution in [0.2, 0.25) is 0 Å². The van der Waals surface area contributed by atoms with E-state index in [1.54, 1.807) is 0 Å². The van der Waals surface area contributed by atoms with E-state index in [1.165, 1.54) is 201 Å². The van der Waals surface area contributed by atoms with Gasteiger partial charge in [0.2, 0.25) is 0 Å². The zero-order chi connectivity index (χ0) is 53.5. The Morgan fingerprint density at radius 3 is 1.25 bits per heavy atom. The van der Waals surface area contributed by atoms with E-state index in [0.29, 0.717) is 0 Å². The third-order valence-electron chi connectivity index (χ3n) is 19.9. The molecule has 2 aromatic heterocycles. The molecule has 0 saturated carbocycles. The molecule has 2 nitrogen and oxygen atoms in total. The minimum atomic E-state index is -0.117. The van der Waals surface area contributed by atoms with Crippen molar-refractivity contribution in [1.29, 1.82) is 0 Å². The number of nitrogens with zero attached hydrogens (tertiary/aromatic N) is 2. The van der Waals surface area contributed by atoms with Crippen molar-refractivity contribution < 1.29 is 0 Å². The summed E-state index contributed by atoms with van der Waals surface area (Å²) in [5.74, 6) is 0. The number of rotatable bonds is 1. The highest BCUT2D eigenvalue weighted by Crippen LogP contribution is 2.51. The molecule has 2 aliphatic rings. The molecule has 0 saturated heterocycles. The van der Waals surface area contributed by atoms with Crippen LogP contribution in [0.5, 0.6) is 0 Å². The van der Waals surface area contributed by atoms with Crippen molar-refractivity contribution in [3.63, 3.8) is 0 Å². The summed E-state index contributed by atoms with van der Waals surface area (Å²) in [6.45, 7) is -0.117. The molecule has 0 unspecified atom stereocenters. The summed E-state index contributed by atoms with van der Waals surface area (Å²) < 4.78 is 5.42. The molecule has 0 N–H and O–H groups in total. The standard InChI is InChI=1S/C80H43BN2/c1-2-19-46-44(18-1)40-64(56-29-9-3-20-47(46)56)45-41-66-63-37-36-62-55-28-8-5-22-49(55)53-26-13-16-33-60(53)74(62)79(63)83-71-35-17-34-70-77(71)81(67(42-45)78(66)83)68-43-65-57-30-10-6-23-50(57)52-25-12-15-32-59(52)73(65)76-75-69(82(70)80(68)76)39-38-61-54-27-7-4-21-48(54)51-24-11-14-31-58(51)72(61)75/h1-43H. The molecule has 0 aliphatic carbocycles. The Labute approximate surface area is 474 Å². The molecule has 2 aliphatic heterocycles. The number of hydrogen-bond donors (Lipinski definition) is 0. The lowest BCUT2D eigenvalue weighted by Gasteiger charge is -2.34. The van der Waals surface area contributed by atoms with Crippen molar-refractivity contribution in [2.45, 2.75) is 0 Å². The van der Waals surface area contributed by atoms with Crippen LogP contribution in [-0.4, -0.2) is 15.8 Å². The Morgan fingerprint density at radius 1 is 0.229 bits per heavy atom. The first kappa shape index (κ1) is 43.1. The maximum atomic E-state index is 2.72. The molecule has 0 spiro atoms. The molecule has 17 aromatic carbocycles. The normalized spacial score (nSPS) is 13.0. The van der Waals surface area contributed by atoms with Crippen molar-refractivity contribution >= 4 is 185 Å². The summed E-state index contributed by atoms with van der Waals surface area (Å²) >= 11 is 0. The van der Waals surface area contributed by atoms with Gasteiger partial charge < -0.3 is 9.13 Å². The summed E-state index contributed by atoms with van der Waals surface area (Å²) in [7, 11) is 0. The molecule has 0 radical (unpaired) electrons. The molecule has 3 heteroatoms. The minimum absolute atomic E-state index is 0.117.